The molecule has 4 nitrogen and oxygen atoms in total. The van der Waals surface area contributed by atoms with E-state index in [1.54, 1.807) is 0 Å². The topological polar surface area (TPSA) is 58.2 Å². The van der Waals surface area contributed by atoms with Crippen molar-refractivity contribution in [3.63, 3.8) is 0 Å². The maximum Gasteiger partial charge on any atom is 0.242 e. The number of carbonyl (C=O) groups is 2. The third-order valence-electron chi connectivity index (χ3n) is 4.51. The highest BCUT2D eigenvalue weighted by Crippen LogP contribution is 2.21. The third kappa shape index (κ3) is 3.43. The fraction of sp³-hybridized carbons (Fsp3) is 0.529. The van der Waals surface area contributed by atoms with Gasteiger partial charge in [-0.15, -0.1) is 0 Å². The van der Waals surface area contributed by atoms with Gasteiger partial charge in [-0.25, -0.2) is 0 Å². The molecule has 0 bridgehead atoms. The molecule has 2 rings (SSSR count). The third-order valence-corrected chi connectivity index (χ3v) is 4.51. The van der Waals surface area contributed by atoms with Crippen molar-refractivity contribution < 1.29 is 9.59 Å². The van der Waals surface area contributed by atoms with E-state index in [1.165, 1.54) is 27.8 Å². The summed E-state index contributed by atoms with van der Waals surface area (Å²) in [5, 5.41) is 5.63. The van der Waals surface area contributed by atoms with E-state index in [2.05, 4.69) is 44.4 Å². The summed E-state index contributed by atoms with van der Waals surface area (Å²) in [5.41, 5.74) is 6.52. The lowest BCUT2D eigenvalue weighted by Gasteiger charge is -2.16. The van der Waals surface area contributed by atoms with E-state index in [0.717, 1.165) is 6.42 Å². The summed E-state index contributed by atoms with van der Waals surface area (Å²) in [6, 6.07) is 1.86. The van der Waals surface area contributed by atoms with Crippen molar-refractivity contribution >= 4 is 11.8 Å². The first-order valence-electron chi connectivity index (χ1n) is 7.53. The minimum atomic E-state index is -0.348. The predicted molar refractivity (Wildman–Crippen MR) is 83.3 cm³/mol. The zero-order valence-electron chi connectivity index (χ0n) is 13.3. The van der Waals surface area contributed by atoms with Crippen LogP contribution in [0.4, 0.5) is 0 Å². The van der Waals surface area contributed by atoms with E-state index in [-0.39, 0.29) is 17.9 Å². The number of rotatable bonds is 4. The fourth-order valence-corrected chi connectivity index (χ4v) is 2.92. The highest BCUT2D eigenvalue weighted by molar-refractivity contribution is 5.90. The predicted octanol–water partition coefficient (Wildman–Crippen LogP) is 1.86. The van der Waals surface area contributed by atoms with Crippen LogP contribution in [-0.4, -0.2) is 24.4 Å². The second kappa shape index (κ2) is 6.29. The van der Waals surface area contributed by atoms with Crippen molar-refractivity contribution in [2.24, 2.45) is 0 Å². The molecule has 0 spiro atoms. The first-order chi connectivity index (χ1) is 9.90. The van der Waals surface area contributed by atoms with Gasteiger partial charge in [0.1, 0.15) is 6.04 Å². The number of hydrogen-bond donors (Lipinski definition) is 2. The molecule has 1 unspecified atom stereocenters. The molecule has 114 valence electrons. The molecule has 1 fully saturated rings. The summed E-state index contributed by atoms with van der Waals surface area (Å²) >= 11 is 0. The Hall–Kier alpha value is -1.84. The first kappa shape index (κ1) is 15.5. The minimum Gasteiger partial charge on any atom is -0.354 e. The first-order valence-corrected chi connectivity index (χ1v) is 7.53. The highest BCUT2D eigenvalue weighted by atomic mass is 16.2. The van der Waals surface area contributed by atoms with Gasteiger partial charge < -0.3 is 10.6 Å². The molecule has 0 radical (unpaired) electrons. The molecule has 1 aliphatic heterocycles. The van der Waals surface area contributed by atoms with Crippen molar-refractivity contribution in [2.75, 3.05) is 6.54 Å². The summed E-state index contributed by atoms with van der Waals surface area (Å²) in [5.74, 6) is -0.100. The smallest absolute Gasteiger partial charge is 0.242 e. The average molecular weight is 288 g/mol. The van der Waals surface area contributed by atoms with Crippen molar-refractivity contribution in [3.8, 4) is 0 Å². The van der Waals surface area contributed by atoms with Crippen LogP contribution < -0.4 is 10.6 Å². The summed E-state index contributed by atoms with van der Waals surface area (Å²) < 4.78 is 0. The van der Waals surface area contributed by atoms with Crippen LogP contribution in [0.25, 0.3) is 0 Å². The lowest BCUT2D eigenvalue weighted by atomic mass is 9.92. The molecule has 1 saturated heterocycles. The molecule has 0 saturated carbocycles. The molecule has 0 aliphatic carbocycles. The Kier molecular flexibility index (Phi) is 4.66. The maximum absolute atomic E-state index is 12.0. The molecule has 1 aliphatic rings. The van der Waals surface area contributed by atoms with Gasteiger partial charge in [0, 0.05) is 13.0 Å². The van der Waals surface area contributed by atoms with Crippen LogP contribution >= 0.6 is 0 Å². The zero-order chi connectivity index (χ0) is 15.6. The molecule has 21 heavy (non-hydrogen) atoms. The van der Waals surface area contributed by atoms with Crippen LogP contribution in [0.3, 0.4) is 0 Å². The molecule has 2 amide bonds. The molecule has 1 aromatic rings. The van der Waals surface area contributed by atoms with Gasteiger partial charge in [0.05, 0.1) is 0 Å². The van der Waals surface area contributed by atoms with Gasteiger partial charge in [0.15, 0.2) is 0 Å². The van der Waals surface area contributed by atoms with Gasteiger partial charge in [-0.3, -0.25) is 9.59 Å². The quantitative estimate of drug-likeness (QED) is 0.888. The van der Waals surface area contributed by atoms with Crippen LogP contribution in [0.1, 0.15) is 40.7 Å². The van der Waals surface area contributed by atoms with Gasteiger partial charge in [0.2, 0.25) is 11.8 Å². The molecular formula is C17H24N2O2. The SMILES string of the molecule is Cc1cc(C)c(C)c(CCNC(=O)C2CCC(=O)N2)c1C. The largest absolute Gasteiger partial charge is 0.354 e. The van der Waals surface area contributed by atoms with Crippen LogP contribution in [-0.2, 0) is 16.0 Å². The Morgan fingerprint density at radius 2 is 1.86 bits per heavy atom. The number of benzene rings is 1. The van der Waals surface area contributed by atoms with Crippen LogP contribution in [0.15, 0.2) is 6.07 Å². The van der Waals surface area contributed by atoms with Crippen molar-refractivity contribution in [1.82, 2.24) is 10.6 Å². The molecule has 1 aromatic carbocycles. The van der Waals surface area contributed by atoms with Crippen molar-refractivity contribution in [1.29, 1.82) is 0 Å². The van der Waals surface area contributed by atoms with Crippen molar-refractivity contribution in [2.45, 2.75) is 53.0 Å². The Morgan fingerprint density at radius 3 is 2.38 bits per heavy atom. The van der Waals surface area contributed by atoms with E-state index in [9.17, 15) is 9.59 Å². The Bertz CT molecular complexity index is 552. The lowest BCUT2D eigenvalue weighted by Crippen LogP contribution is -2.42. The van der Waals surface area contributed by atoms with Crippen molar-refractivity contribution in [3.05, 3.63) is 33.9 Å². The fourth-order valence-electron chi connectivity index (χ4n) is 2.92. The lowest BCUT2D eigenvalue weighted by molar-refractivity contribution is -0.125. The highest BCUT2D eigenvalue weighted by Gasteiger charge is 2.26. The molecule has 1 atom stereocenters. The Morgan fingerprint density at radius 1 is 1.24 bits per heavy atom. The molecular weight excluding hydrogens is 264 g/mol. The average Bonchev–Trinajstić information content (AvgIpc) is 2.87. The van der Waals surface area contributed by atoms with E-state index in [4.69, 9.17) is 0 Å². The standard InChI is InChI=1S/C17H24N2O2/c1-10-9-11(2)13(4)14(12(10)3)7-8-18-17(21)15-5-6-16(20)19-15/h9,15H,5-8H2,1-4H3,(H,18,21)(H,19,20). The van der Waals surface area contributed by atoms with Gasteiger partial charge >= 0.3 is 0 Å². The van der Waals surface area contributed by atoms with Crippen LogP contribution in [0.5, 0.6) is 0 Å². The summed E-state index contributed by atoms with van der Waals surface area (Å²) in [6.07, 6.45) is 1.88. The molecule has 0 aromatic heterocycles. The van der Waals surface area contributed by atoms with E-state index in [0.29, 0.717) is 19.4 Å². The number of amides is 2. The minimum absolute atomic E-state index is 0.0313. The normalized spacial score (nSPS) is 17.7. The zero-order valence-corrected chi connectivity index (χ0v) is 13.3. The van der Waals surface area contributed by atoms with Gasteiger partial charge in [0.25, 0.3) is 0 Å². The second-order valence-electron chi connectivity index (χ2n) is 5.94. The van der Waals surface area contributed by atoms with E-state index in [1.807, 2.05) is 0 Å². The number of hydrogen-bond acceptors (Lipinski definition) is 2. The molecule has 2 N–H and O–H groups in total. The second-order valence-corrected chi connectivity index (χ2v) is 5.94. The summed E-state index contributed by atoms with van der Waals surface area (Å²) in [4.78, 5) is 23.1. The van der Waals surface area contributed by atoms with E-state index < -0.39 is 0 Å². The Labute approximate surface area is 126 Å². The van der Waals surface area contributed by atoms with Crippen LogP contribution in [0, 0.1) is 27.7 Å². The number of nitrogens with one attached hydrogen (secondary N) is 2. The van der Waals surface area contributed by atoms with Gasteiger partial charge in [-0.05, 0) is 68.4 Å². The Balaban J connectivity index is 1.95. The monoisotopic (exact) mass is 288 g/mol. The number of aryl methyl sites for hydroxylation is 2. The van der Waals surface area contributed by atoms with Gasteiger partial charge in [-0.1, -0.05) is 6.07 Å². The maximum atomic E-state index is 12.0. The molecule has 4 heteroatoms. The molecule has 1 heterocycles. The summed E-state index contributed by atoms with van der Waals surface area (Å²) in [6.45, 7) is 9.12. The van der Waals surface area contributed by atoms with E-state index >= 15 is 0 Å². The van der Waals surface area contributed by atoms with Crippen LogP contribution in [0.2, 0.25) is 0 Å². The van der Waals surface area contributed by atoms with Gasteiger partial charge in [-0.2, -0.15) is 0 Å². The number of carbonyl (C=O) groups excluding carboxylic acids is 2. The summed E-state index contributed by atoms with van der Waals surface area (Å²) in [7, 11) is 0.